The average Bonchev–Trinajstić information content (AvgIpc) is 3.70. The predicted octanol–water partition coefficient (Wildman–Crippen LogP) is 3.96. The maximum Gasteiger partial charge on any atom is 0.453 e. The SMILES string of the molecule is CC(=O)N1CCC(C(=O)N2CCC(NCc3cc(-n4nnnc4C(F)(F)F)ccc3OC3CC3)C(c3ccccc3)C2)CC1. The molecule has 0 radical (unpaired) electrons. The second kappa shape index (κ2) is 12.5. The first-order chi connectivity index (χ1) is 21.2. The summed E-state index contributed by atoms with van der Waals surface area (Å²) in [6.07, 6.45) is -0.668. The van der Waals surface area contributed by atoms with Crippen LogP contribution < -0.4 is 10.1 Å². The van der Waals surface area contributed by atoms with Crippen LogP contribution in [0.4, 0.5) is 13.2 Å². The molecule has 2 saturated heterocycles. The summed E-state index contributed by atoms with van der Waals surface area (Å²) in [7, 11) is 0. The molecule has 3 fully saturated rings. The number of carbonyl (C=O) groups excluding carboxylic acids is 2. The summed E-state index contributed by atoms with van der Waals surface area (Å²) < 4.78 is 47.4. The van der Waals surface area contributed by atoms with Crippen molar-refractivity contribution in [2.24, 2.45) is 5.92 Å². The number of ether oxygens (including phenoxy) is 1. The van der Waals surface area contributed by atoms with Gasteiger partial charge in [0.15, 0.2) is 0 Å². The molecule has 0 bridgehead atoms. The minimum absolute atomic E-state index is 0.0113. The van der Waals surface area contributed by atoms with E-state index in [0.29, 0.717) is 68.0 Å². The molecule has 13 heteroatoms. The summed E-state index contributed by atoms with van der Waals surface area (Å²) in [4.78, 5) is 29.1. The number of carbonyl (C=O) groups is 2. The molecule has 3 heterocycles. The van der Waals surface area contributed by atoms with Gasteiger partial charge in [0.2, 0.25) is 11.8 Å². The fourth-order valence-electron chi connectivity index (χ4n) is 6.23. The average molecular weight is 612 g/mol. The number of rotatable bonds is 8. The van der Waals surface area contributed by atoms with E-state index in [4.69, 9.17) is 4.74 Å². The monoisotopic (exact) mass is 611 g/mol. The van der Waals surface area contributed by atoms with Crippen molar-refractivity contribution in [1.29, 1.82) is 0 Å². The van der Waals surface area contributed by atoms with Crippen molar-refractivity contribution in [3.05, 3.63) is 65.5 Å². The standard InChI is InChI=1S/C31H36F3N7O3/c1-20(42)39-14-11-22(12-15-39)29(43)40-16-13-27(26(19-40)21-5-3-2-4-6-21)35-18-23-17-24(7-10-28(23)44-25-8-9-25)41-30(31(32,33)34)36-37-38-41/h2-7,10,17,22,25-27,35H,8-9,11-16,18-19H2,1H3. The second-order valence-electron chi connectivity index (χ2n) is 11.9. The quantitative estimate of drug-likeness (QED) is 0.411. The van der Waals surface area contributed by atoms with Crippen molar-refractivity contribution in [1.82, 2.24) is 35.3 Å². The Balaban J connectivity index is 1.20. The number of halogens is 3. The number of piperidine rings is 2. The third-order valence-corrected chi connectivity index (χ3v) is 8.83. The Morgan fingerprint density at radius 3 is 2.39 bits per heavy atom. The van der Waals surface area contributed by atoms with Gasteiger partial charge < -0.3 is 19.9 Å². The number of tetrazole rings is 1. The zero-order valence-electron chi connectivity index (χ0n) is 24.5. The van der Waals surface area contributed by atoms with Crippen molar-refractivity contribution >= 4 is 11.8 Å². The smallest absolute Gasteiger partial charge is 0.453 e. The molecular formula is C31H36F3N7O3. The number of nitrogens with zero attached hydrogens (tertiary/aromatic N) is 6. The number of hydrogen-bond acceptors (Lipinski definition) is 7. The van der Waals surface area contributed by atoms with E-state index in [0.717, 1.165) is 18.4 Å². The van der Waals surface area contributed by atoms with E-state index >= 15 is 0 Å². The highest BCUT2D eigenvalue weighted by atomic mass is 19.4. The Morgan fingerprint density at radius 1 is 0.977 bits per heavy atom. The molecule has 2 unspecified atom stereocenters. The summed E-state index contributed by atoms with van der Waals surface area (Å²) in [5, 5.41) is 13.7. The van der Waals surface area contributed by atoms with Gasteiger partial charge in [0.25, 0.3) is 5.82 Å². The number of aromatic nitrogens is 4. The summed E-state index contributed by atoms with van der Waals surface area (Å²) >= 11 is 0. The van der Waals surface area contributed by atoms with E-state index in [2.05, 4.69) is 33.0 Å². The molecule has 2 atom stereocenters. The molecule has 0 spiro atoms. The fraction of sp³-hybridized carbons (Fsp3) is 0.516. The molecule has 234 valence electrons. The van der Waals surface area contributed by atoms with Gasteiger partial charge >= 0.3 is 6.18 Å². The van der Waals surface area contributed by atoms with Gasteiger partial charge in [-0.1, -0.05) is 30.3 Å². The minimum Gasteiger partial charge on any atom is -0.490 e. The maximum absolute atomic E-state index is 13.6. The number of likely N-dealkylation sites (tertiary alicyclic amines) is 2. The summed E-state index contributed by atoms with van der Waals surface area (Å²) in [6.45, 7) is 4.27. The number of amides is 2. The number of benzene rings is 2. The van der Waals surface area contributed by atoms with Crippen LogP contribution in [0.5, 0.6) is 5.75 Å². The van der Waals surface area contributed by atoms with Gasteiger partial charge in [-0.15, -0.1) is 5.10 Å². The lowest BCUT2D eigenvalue weighted by Crippen LogP contribution is -2.52. The molecule has 10 nitrogen and oxygen atoms in total. The molecule has 1 saturated carbocycles. The molecule has 1 aromatic heterocycles. The van der Waals surface area contributed by atoms with Crippen LogP contribution in [0, 0.1) is 5.92 Å². The van der Waals surface area contributed by atoms with Crippen LogP contribution in [-0.2, 0) is 22.3 Å². The normalized spacial score (nSPS) is 21.4. The molecule has 1 aliphatic carbocycles. The molecule has 3 aromatic rings. The van der Waals surface area contributed by atoms with Crippen LogP contribution in [0.3, 0.4) is 0 Å². The van der Waals surface area contributed by atoms with Gasteiger partial charge in [-0.25, -0.2) is 0 Å². The minimum atomic E-state index is -4.70. The topological polar surface area (TPSA) is 105 Å². The van der Waals surface area contributed by atoms with E-state index in [1.165, 1.54) is 6.07 Å². The summed E-state index contributed by atoms with van der Waals surface area (Å²) in [6, 6.07) is 14.9. The van der Waals surface area contributed by atoms with Crippen molar-refractivity contribution in [2.45, 2.75) is 69.8 Å². The first kappa shape index (κ1) is 30.0. The molecule has 2 aliphatic heterocycles. The number of hydrogen-bond donors (Lipinski definition) is 1. The van der Waals surface area contributed by atoms with Gasteiger partial charge in [-0.2, -0.15) is 17.9 Å². The first-order valence-corrected chi connectivity index (χ1v) is 15.2. The molecule has 44 heavy (non-hydrogen) atoms. The Morgan fingerprint density at radius 2 is 1.70 bits per heavy atom. The zero-order valence-corrected chi connectivity index (χ0v) is 24.5. The van der Waals surface area contributed by atoms with E-state index in [1.54, 1.807) is 24.0 Å². The molecule has 1 N–H and O–H groups in total. The fourth-order valence-corrected chi connectivity index (χ4v) is 6.23. The van der Waals surface area contributed by atoms with E-state index < -0.39 is 12.0 Å². The van der Waals surface area contributed by atoms with Gasteiger partial charge in [0.05, 0.1) is 11.8 Å². The van der Waals surface area contributed by atoms with Crippen molar-refractivity contribution in [3.63, 3.8) is 0 Å². The van der Waals surface area contributed by atoms with Gasteiger partial charge in [0.1, 0.15) is 5.75 Å². The number of alkyl halides is 3. The van der Waals surface area contributed by atoms with E-state index in [1.807, 2.05) is 23.1 Å². The van der Waals surface area contributed by atoms with Gasteiger partial charge in [0, 0.05) is 63.1 Å². The predicted molar refractivity (Wildman–Crippen MR) is 154 cm³/mol. The Hall–Kier alpha value is -4.00. The van der Waals surface area contributed by atoms with Crippen LogP contribution >= 0.6 is 0 Å². The van der Waals surface area contributed by atoms with Crippen LogP contribution in [-0.4, -0.2) is 80.1 Å². The molecule has 6 rings (SSSR count). The Kier molecular flexibility index (Phi) is 8.57. The highest BCUT2D eigenvalue weighted by molar-refractivity contribution is 5.80. The first-order valence-electron chi connectivity index (χ1n) is 15.2. The van der Waals surface area contributed by atoms with Crippen molar-refractivity contribution in [2.75, 3.05) is 26.2 Å². The van der Waals surface area contributed by atoms with Crippen LogP contribution in [0.2, 0.25) is 0 Å². The highest BCUT2D eigenvalue weighted by Gasteiger charge is 2.39. The van der Waals surface area contributed by atoms with E-state index in [-0.39, 0.29) is 41.5 Å². The molecule has 2 aromatic carbocycles. The Labute approximate surface area is 253 Å². The Bertz CT molecular complexity index is 1470. The molecular weight excluding hydrogens is 575 g/mol. The van der Waals surface area contributed by atoms with Crippen LogP contribution in [0.25, 0.3) is 5.69 Å². The van der Waals surface area contributed by atoms with Crippen LogP contribution in [0.1, 0.15) is 61.9 Å². The number of nitrogens with one attached hydrogen (secondary N) is 1. The highest BCUT2D eigenvalue weighted by Crippen LogP contribution is 2.34. The zero-order chi connectivity index (χ0) is 30.8. The van der Waals surface area contributed by atoms with Gasteiger partial charge in [-0.3, -0.25) is 9.59 Å². The van der Waals surface area contributed by atoms with Crippen LogP contribution in [0.15, 0.2) is 48.5 Å². The largest absolute Gasteiger partial charge is 0.490 e. The summed E-state index contributed by atoms with van der Waals surface area (Å²) in [5.41, 5.74) is 2.01. The van der Waals surface area contributed by atoms with Crippen molar-refractivity contribution < 1.29 is 27.5 Å². The van der Waals surface area contributed by atoms with Crippen molar-refractivity contribution in [3.8, 4) is 11.4 Å². The lowest BCUT2D eigenvalue weighted by Gasteiger charge is -2.42. The third kappa shape index (κ3) is 6.72. The maximum atomic E-state index is 13.6. The third-order valence-electron chi connectivity index (χ3n) is 8.83. The second-order valence-corrected chi connectivity index (χ2v) is 11.9. The summed E-state index contributed by atoms with van der Waals surface area (Å²) in [5.74, 6) is -0.474. The molecule has 2 amide bonds. The lowest BCUT2D eigenvalue weighted by atomic mass is 9.84. The van der Waals surface area contributed by atoms with Gasteiger partial charge in [-0.05, 0) is 66.3 Å². The lowest BCUT2D eigenvalue weighted by molar-refractivity contribution is -0.146. The molecule has 3 aliphatic rings. The van der Waals surface area contributed by atoms with E-state index in [9.17, 15) is 22.8 Å².